The molecule has 2 bridgehead atoms. The number of nitrogens with zero attached hydrogens (tertiary/aromatic N) is 1. The molecule has 122 valence electrons. The van der Waals surface area contributed by atoms with Gasteiger partial charge in [0.05, 0.1) is 0 Å². The summed E-state index contributed by atoms with van der Waals surface area (Å²) in [5, 5.41) is 10.4. The van der Waals surface area contributed by atoms with E-state index in [1.54, 1.807) is 6.07 Å². The van der Waals surface area contributed by atoms with Crippen molar-refractivity contribution in [3.05, 3.63) is 35.4 Å². The van der Waals surface area contributed by atoms with E-state index in [9.17, 15) is 5.11 Å². The highest BCUT2D eigenvalue weighted by atomic mass is 16.5. The summed E-state index contributed by atoms with van der Waals surface area (Å²) < 4.78 is 12.4. The van der Waals surface area contributed by atoms with E-state index in [-0.39, 0.29) is 23.4 Å². The molecule has 1 aromatic carbocycles. The van der Waals surface area contributed by atoms with E-state index in [0.29, 0.717) is 24.3 Å². The van der Waals surface area contributed by atoms with Crippen LogP contribution in [0.4, 0.5) is 0 Å². The molecule has 1 saturated heterocycles. The van der Waals surface area contributed by atoms with Crippen molar-refractivity contribution in [2.75, 3.05) is 20.2 Å². The van der Waals surface area contributed by atoms with Crippen LogP contribution in [0.2, 0.25) is 0 Å². The second-order valence-electron chi connectivity index (χ2n) is 7.36. The number of piperidine rings is 1. The highest BCUT2D eigenvalue weighted by Crippen LogP contribution is 2.62. The van der Waals surface area contributed by atoms with E-state index in [0.717, 1.165) is 19.4 Å². The molecule has 2 aliphatic heterocycles. The fourth-order valence-corrected chi connectivity index (χ4v) is 5.56. The molecule has 2 heterocycles. The lowest BCUT2D eigenvalue weighted by molar-refractivity contribution is -0.0681. The smallest absolute Gasteiger partial charge is 0.165 e. The number of phenols is 1. The Bertz CT molecular complexity index is 700. The topological polar surface area (TPSA) is 41.9 Å². The first-order chi connectivity index (χ1) is 11.2. The number of benzene rings is 1. The van der Waals surface area contributed by atoms with Crippen LogP contribution in [-0.2, 0) is 16.6 Å². The number of likely N-dealkylation sites (tertiary alicyclic amines) is 1. The summed E-state index contributed by atoms with van der Waals surface area (Å²) in [6.45, 7) is 3.78. The Kier molecular flexibility index (Phi) is 2.73. The van der Waals surface area contributed by atoms with E-state index in [1.807, 2.05) is 6.92 Å². The molecule has 0 amide bonds. The third kappa shape index (κ3) is 1.54. The third-order valence-corrected chi connectivity index (χ3v) is 6.49. The van der Waals surface area contributed by atoms with Crippen molar-refractivity contribution in [3.63, 3.8) is 0 Å². The lowest BCUT2D eigenvalue weighted by atomic mass is 9.53. The third-order valence-electron chi connectivity index (χ3n) is 6.49. The molecule has 2 unspecified atom stereocenters. The fourth-order valence-electron chi connectivity index (χ4n) is 5.56. The Hall–Kier alpha value is -1.52. The molecule has 0 aromatic heterocycles. The van der Waals surface area contributed by atoms with Gasteiger partial charge >= 0.3 is 0 Å². The van der Waals surface area contributed by atoms with Crippen molar-refractivity contribution in [3.8, 4) is 11.5 Å². The van der Waals surface area contributed by atoms with Crippen LogP contribution in [0.1, 0.15) is 24.5 Å². The first-order valence-electron chi connectivity index (χ1n) is 8.69. The molecule has 23 heavy (non-hydrogen) atoms. The van der Waals surface area contributed by atoms with Gasteiger partial charge in [-0.05, 0) is 45.0 Å². The van der Waals surface area contributed by atoms with Crippen LogP contribution in [0.5, 0.6) is 11.5 Å². The molecule has 4 nitrogen and oxygen atoms in total. The van der Waals surface area contributed by atoms with E-state index < -0.39 is 0 Å². The molecule has 0 saturated carbocycles. The number of aromatic hydroxyl groups is 1. The van der Waals surface area contributed by atoms with Crippen LogP contribution in [0.25, 0.3) is 0 Å². The summed E-state index contributed by atoms with van der Waals surface area (Å²) in [6, 6.07) is 4.40. The van der Waals surface area contributed by atoms with Gasteiger partial charge in [0, 0.05) is 29.5 Å². The molecule has 4 aliphatic rings. The van der Waals surface area contributed by atoms with Crippen molar-refractivity contribution in [2.24, 2.45) is 5.92 Å². The Labute approximate surface area is 136 Å². The average Bonchev–Trinajstić information content (AvgIpc) is 2.90. The van der Waals surface area contributed by atoms with Gasteiger partial charge in [-0.3, -0.25) is 0 Å². The molecular formula is C19H23NO3. The van der Waals surface area contributed by atoms with Gasteiger partial charge in [0.2, 0.25) is 0 Å². The SMILES string of the molecule is CCO[C@H]1C=CC2[C@H]3Cc4ccc(O)c5c4[C@@]2(CCN3C)C1O5. The summed E-state index contributed by atoms with van der Waals surface area (Å²) in [6.07, 6.45) is 6.60. The van der Waals surface area contributed by atoms with Gasteiger partial charge < -0.3 is 19.5 Å². The predicted octanol–water partition coefficient (Wildman–Crippen LogP) is 2.24. The van der Waals surface area contributed by atoms with Crippen LogP contribution < -0.4 is 4.74 Å². The first-order valence-corrected chi connectivity index (χ1v) is 8.69. The van der Waals surface area contributed by atoms with E-state index in [4.69, 9.17) is 9.47 Å². The van der Waals surface area contributed by atoms with Crippen LogP contribution in [0.15, 0.2) is 24.3 Å². The highest BCUT2D eigenvalue weighted by molar-refractivity contribution is 5.61. The second kappa shape index (κ2) is 4.52. The van der Waals surface area contributed by atoms with Crippen LogP contribution >= 0.6 is 0 Å². The number of likely N-dealkylation sites (N-methyl/N-ethyl adjacent to an activating group) is 1. The summed E-state index contributed by atoms with van der Waals surface area (Å²) in [7, 11) is 2.23. The number of hydrogen-bond donors (Lipinski definition) is 1. The normalized spacial score (nSPS) is 39.9. The van der Waals surface area contributed by atoms with Gasteiger partial charge in [-0.1, -0.05) is 18.2 Å². The maximum absolute atomic E-state index is 10.4. The van der Waals surface area contributed by atoms with Crippen molar-refractivity contribution < 1.29 is 14.6 Å². The Balaban J connectivity index is 1.76. The molecule has 0 radical (unpaired) electrons. The summed E-state index contributed by atoms with van der Waals surface area (Å²) >= 11 is 0. The zero-order valence-corrected chi connectivity index (χ0v) is 13.7. The monoisotopic (exact) mass is 313 g/mol. The largest absolute Gasteiger partial charge is 0.504 e. The van der Waals surface area contributed by atoms with Gasteiger partial charge in [-0.25, -0.2) is 0 Å². The molecule has 1 spiro atoms. The quantitative estimate of drug-likeness (QED) is 0.850. The zero-order chi connectivity index (χ0) is 15.8. The minimum absolute atomic E-state index is 0.0176. The molecule has 1 N–H and O–H groups in total. The van der Waals surface area contributed by atoms with Gasteiger partial charge in [-0.15, -0.1) is 0 Å². The molecule has 5 atom stereocenters. The second-order valence-corrected chi connectivity index (χ2v) is 7.36. The van der Waals surface area contributed by atoms with Gasteiger partial charge in [0.1, 0.15) is 12.2 Å². The predicted molar refractivity (Wildman–Crippen MR) is 87.0 cm³/mol. The van der Waals surface area contributed by atoms with Crippen molar-refractivity contribution >= 4 is 0 Å². The minimum atomic E-state index is -0.0343. The molecule has 2 aliphatic carbocycles. The van der Waals surface area contributed by atoms with Crippen molar-refractivity contribution in [2.45, 2.75) is 43.4 Å². The van der Waals surface area contributed by atoms with Gasteiger partial charge in [-0.2, -0.15) is 0 Å². The zero-order valence-electron chi connectivity index (χ0n) is 13.7. The number of phenolic OH excluding ortho intramolecular Hbond substituents is 1. The summed E-state index contributed by atoms with van der Waals surface area (Å²) in [4.78, 5) is 2.49. The maximum Gasteiger partial charge on any atom is 0.165 e. The molecule has 1 fully saturated rings. The number of hydrogen-bond acceptors (Lipinski definition) is 4. The average molecular weight is 313 g/mol. The van der Waals surface area contributed by atoms with Gasteiger partial charge in [0.15, 0.2) is 11.5 Å². The van der Waals surface area contributed by atoms with Crippen LogP contribution in [0.3, 0.4) is 0 Å². The lowest BCUT2D eigenvalue weighted by Gasteiger charge is -2.56. The summed E-state index contributed by atoms with van der Waals surface area (Å²) in [5.74, 6) is 1.44. The van der Waals surface area contributed by atoms with Crippen LogP contribution in [0, 0.1) is 5.92 Å². The highest BCUT2D eigenvalue weighted by Gasteiger charge is 2.64. The fraction of sp³-hybridized carbons (Fsp3) is 0.579. The molecule has 1 aromatic rings. The number of rotatable bonds is 2. The molecule has 5 rings (SSSR count). The summed E-state index contributed by atoms with van der Waals surface area (Å²) in [5.41, 5.74) is 2.58. The van der Waals surface area contributed by atoms with Gasteiger partial charge in [0.25, 0.3) is 0 Å². The Morgan fingerprint density at radius 2 is 2.26 bits per heavy atom. The van der Waals surface area contributed by atoms with Crippen molar-refractivity contribution in [1.29, 1.82) is 0 Å². The lowest BCUT2D eigenvalue weighted by Crippen LogP contribution is -2.65. The molecular weight excluding hydrogens is 290 g/mol. The Morgan fingerprint density at radius 3 is 3.09 bits per heavy atom. The standard InChI is InChI=1S/C19H23NO3/c1-3-22-15-7-5-12-13-10-11-4-6-14(21)17-16(11)19(12,18(15)23-17)8-9-20(13)2/h4-7,12-13,15,18,21H,3,8-10H2,1-2H3/t12?,13-,15+,18?,19+/m1/s1. The first kappa shape index (κ1) is 13.9. The van der Waals surface area contributed by atoms with E-state index in [1.165, 1.54) is 11.1 Å². The molecule has 4 heteroatoms. The van der Waals surface area contributed by atoms with Crippen LogP contribution in [-0.4, -0.2) is 48.5 Å². The van der Waals surface area contributed by atoms with Crippen molar-refractivity contribution in [1.82, 2.24) is 4.90 Å². The maximum atomic E-state index is 10.4. The number of ether oxygens (including phenoxy) is 2. The van der Waals surface area contributed by atoms with E-state index in [2.05, 4.69) is 30.2 Å². The van der Waals surface area contributed by atoms with E-state index >= 15 is 0 Å². The minimum Gasteiger partial charge on any atom is -0.504 e. The Morgan fingerprint density at radius 1 is 1.39 bits per heavy atom.